The lowest BCUT2D eigenvalue weighted by atomic mass is 9.93. The number of methoxy groups -OCH3 is 2. The molecule has 2 aromatic rings. The molecule has 4 heteroatoms. The number of carbonyl (C=O) groups excluding carboxylic acids is 1. The highest BCUT2D eigenvalue weighted by atomic mass is 16.5. The zero-order valence-electron chi connectivity index (χ0n) is 15.1. The fourth-order valence-electron chi connectivity index (χ4n) is 3.46. The minimum Gasteiger partial charge on any atom is -0.497 e. The van der Waals surface area contributed by atoms with Crippen LogP contribution < -0.4 is 9.47 Å². The van der Waals surface area contributed by atoms with Gasteiger partial charge in [-0.05, 0) is 60.7 Å². The maximum Gasteiger partial charge on any atom is 0.223 e. The van der Waals surface area contributed by atoms with Gasteiger partial charge in [0.05, 0.1) is 20.3 Å². The largest absolute Gasteiger partial charge is 0.497 e. The van der Waals surface area contributed by atoms with Crippen LogP contribution in [0.25, 0.3) is 0 Å². The summed E-state index contributed by atoms with van der Waals surface area (Å²) in [6.07, 6.45) is 2.16. The van der Waals surface area contributed by atoms with E-state index >= 15 is 0 Å². The SMILES string of the molecule is COc1ccc(CCC(=O)N2CCc3cc(OC)ccc3C2C)cc1. The molecule has 0 fully saturated rings. The number of benzene rings is 2. The van der Waals surface area contributed by atoms with Crippen molar-refractivity contribution in [3.63, 3.8) is 0 Å². The second kappa shape index (κ2) is 7.60. The Bertz CT molecular complexity index is 739. The van der Waals surface area contributed by atoms with Crippen molar-refractivity contribution in [2.24, 2.45) is 0 Å². The molecule has 0 aromatic heterocycles. The lowest BCUT2D eigenvalue weighted by Crippen LogP contribution is -2.38. The quantitative estimate of drug-likeness (QED) is 0.832. The van der Waals surface area contributed by atoms with Gasteiger partial charge in [-0.2, -0.15) is 0 Å². The lowest BCUT2D eigenvalue weighted by Gasteiger charge is -2.35. The van der Waals surface area contributed by atoms with Gasteiger partial charge in [-0.1, -0.05) is 18.2 Å². The Morgan fingerprint density at radius 1 is 1.08 bits per heavy atom. The third-order valence-electron chi connectivity index (χ3n) is 5.00. The van der Waals surface area contributed by atoms with Crippen molar-refractivity contribution in [1.29, 1.82) is 0 Å². The molecule has 0 bridgehead atoms. The summed E-state index contributed by atoms with van der Waals surface area (Å²) in [5.74, 6) is 1.93. The molecule has 2 aromatic carbocycles. The first-order chi connectivity index (χ1) is 12.1. The van der Waals surface area contributed by atoms with Gasteiger partial charge in [0.25, 0.3) is 0 Å². The van der Waals surface area contributed by atoms with E-state index in [0.29, 0.717) is 6.42 Å². The van der Waals surface area contributed by atoms with Crippen molar-refractivity contribution in [2.75, 3.05) is 20.8 Å². The van der Waals surface area contributed by atoms with Crippen LogP contribution in [-0.4, -0.2) is 31.6 Å². The topological polar surface area (TPSA) is 38.8 Å². The van der Waals surface area contributed by atoms with Crippen LogP contribution in [0.15, 0.2) is 42.5 Å². The highest BCUT2D eigenvalue weighted by molar-refractivity contribution is 5.77. The van der Waals surface area contributed by atoms with E-state index in [4.69, 9.17) is 9.47 Å². The summed E-state index contributed by atoms with van der Waals surface area (Å²) in [5.41, 5.74) is 3.67. The summed E-state index contributed by atoms with van der Waals surface area (Å²) in [7, 11) is 3.34. The molecule has 1 aliphatic heterocycles. The molecule has 0 spiro atoms. The van der Waals surface area contributed by atoms with Crippen LogP contribution in [0, 0.1) is 0 Å². The number of nitrogens with zero attached hydrogens (tertiary/aromatic N) is 1. The number of hydrogen-bond donors (Lipinski definition) is 0. The third kappa shape index (κ3) is 3.78. The molecular weight excluding hydrogens is 314 g/mol. The summed E-state index contributed by atoms with van der Waals surface area (Å²) in [6, 6.07) is 14.2. The highest BCUT2D eigenvalue weighted by Gasteiger charge is 2.27. The summed E-state index contributed by atoms with van der Waals surface area (Å²) >= 11 is 0. The molecule has 1 amide bonds. The Morgan fingerprint density at radius 2 is 1.76 bits per heavy atom. The molecule has 0 radical (unpaired) electrons. The maximum atomic E-state index is 12.7. The third-order valence-corrected chi connectivity index (χ3v) is 5.00. The van der Waals surface area contributed by atoms with Gasteiger partial charge in [0.15, 0.2) is 0 Å². The zero-order chi connectivity index (χ0) is 17.8. The molecule has 1 aliphatic rings. The first-order valence-electron chi connectivity index (χ1n) is 8.71. The van der Waals surface area contributed by atoms with Crippen molar-refractivity contribution < 1.29 is 14.3 Å². The fraction of sp³-hybridized carbons (Fsp3) is 0.381. The molecule has 132 valence electrons. The van der Waals surface area contributed by atoms with Crippen LogP contribution >= 0.6 is 0 Å². The van der Waals surface area contributed by atoms with Crippen LogP contribution in [0.2, 0.25) is 0 Å². The monoisotopic (exact) mass is 339 g/mol. The van der Waals surface area contributed by atoms with E-state index in [0.717, 1.165) is 36.4 Å². The smallest absolute Gasteiger partial charge is 0.223 e. The maximum absolute atomic E-state index is 12.7. The molecule has 4 nitrogen and oxygen atoms in total. The molecule has 1 heterocycles. The van der Waals surface area contributed by atoms with E-state index in [-0.39, 0.29) is 11.9 Å². The van der Waals surface area contributed by atoms with Gasteiger partial charge in [0, 0.05) is 13.0 Å². The summed E-state index contributed by atoms with van der Waals surface area (Å²) < 4.78 is 10.5. The average molecular weight is 339 g/mol. The summed E-state index contributed by atoms with van der Waals surface area (Å²) in [6.45, 7) is 2.87. The van der Waals surface area contributed by atoms with Crippen molar-refractivity contribution >= 4 is 5.91 Å². The zero-order valence-corrected chi connectivity index (χ0v) is 15.1. The predicted octanol–water partition coefficient (Wildman–Crippen LogP) is 3.78. The van der Waals surface area contributed by atoms with Gasteiger partial charge in [-0.15, -0.1) is 0 Å². The Morgan fingerprint density at radius 3 is 2.44 bits per heavy atom. The Balaban J connectivity index is 1.64. The van der Waals surface area contributed by atoms with E-state index in [9.17, 15) is 4.79 Å². The molecule has 0 aliphatic carbocycles. The number of amides is 1. The van der Waals surface area contributed by atoms with Gasteiger partial charge in [-0.3, -0.25) is 4.79 Å². The number of hydrogen-bond acceptors (Lipinski definition) is 3. The number of rotatable bonds is 5. The van der Waals surface area contributed by atoms with Crippen LogP contribution in [0.3, 0.4) is 0 Å². The Labute approximate surface area is 149 Å². The summed E-state index contributed by atoms with van der Waals surface area (Å²) in [5, 5.41) is 0. The summed E-state index contributed by atoms with van der Waals surface area (Å²) in [4.78, 5) is 14.7. The molecule has 25 heavy (non-hydrogen) atoms. The molecular formula is C21H25NO3. The van der Waals surface area contributed by atoms with Crippen LogP contribution in [0.4, 0.5) is 0 Å². The molecule has 3 rings (SSSR count). The second-order valence-electron chi connectivity index (χ2n) is 6.43. The number of carbonyl (C=O) groups is 1. The molecule has 1 unspecified atom stereocenters. The first kappa shape index (κ1) is 17.3. The van der Waals surface area contributed by atoms with E-state index in [2.05, 4.69) is 19.1 Å². The van der Waals surface area contributed by atoms with Crippen LogP contribution in [0.5, 0.6) is 11.5 Å². The van der Waals surface area contributed by atoms with Gasteiger partial charge in [0.1, 0.15) is 11.5 Å². The first-order valence-corrected chi connectivity index (χ1v) is 8.71. The van der Waals surface area contributed by atoms with E-state index in [1.165, 1.54) is 11.1 Å². The van der Waals surface area contributed by atoms with Gasteiger partial charge in [0.2, 0.25) is 5.91 Å². The minimum atomic E-state index is 0.109. The van der Waals surface area contributed by atoms with Crippen LogP contribution in [-0.2, 0) is 17.6 Å². The van der Waals surface area contributed by atoms with Gasteiger partial charge < -0.3 is 14.4 Å². The van der Waals surface area contributed by atoms with Crippen molar-refractivity contribution in [1.82, 2.24) is 4.90 Å². The lowest BCUT2D eigenvalue weighted by molar-refractivity contribution is -0.133. The van der Waals surface area contributed by atoms with E-state index < -0.39 is 0 Å². The van der Waals surface area contributed by atoms with E-state index in [1.807, 2.05) is 35.2 Å². The number of aryl methyl sites for hydroxylation is 1. The van der Waals surface area contributed by atoms with Gasteiger partial charge in [-0.25, -0.2) is 0 Å². The molecule has 0 N–H and O–H groups in total. The average Bonchev–Trinajstić information content (AvgIpc) is 2.66. The number of fused-ring (bicyclic) bond motifs is 1. The van der Waals surface area contributed by atoms with Crippen molar-refractivity contribution in [3.8, 4) is 11.5 Å². The highest BCUT2D eigenvalue weighted by Crippen LogP contribution is 2.32. The van der Waals surface area contributed by atoms with Crippen molar-refractivity contribution in [3.05, 3.63) is 59.2 Å². The van der Waals surface area contributed by atoms with Gasteiger partial charge >= 0.3 is 0 Å². The normalized spacial score (nSPS) is 16.3. The standard InChI is InChI=1S/C21H25NO3/c1-15-20-10-9-19(25-3)14-17(20)12-13-22(15)21(23)11-6-16-4-7-18(24-2)8-5-16/h4-5,7-10,14-15H,6,11-13H2,1-3H3. The molecule has 1 atom stereocenters. The van der Waals surface area contributed by atoms with E-state index in [1.54, 1.807) is 14.2 Å². The molecule has 0 saturated carbocycles. The fourth-order valence-corrected chi connectivity index (χ4v) is 3.46. The van der Waals surface area contributed by atoms with Crippen molar-refractivity contribution in [2.45, 2.75) is 32.2 Å². The molecule has 0 saturated heterocycles. The minimum absolute atomic E-state index is 0.109. The Kier molecular flexibility index (Phi) is 5.27. The van der Waals surface area contributed by atoms with Crippen LogP contribution in [0.1, 0.15) is 36.1 Å². The Hall–Kier alpha value is -2.49. The predicted molar refractivity (Wildman–Crippen MR) is 98.1 cm³/mol. The number of ether oxygens (including phenoxy) is 2. The second-order valence-corrected chi connectivity index (χ2v) is 6.43.